The normalized spacial score (nSPS) is 15.8. The minimum atomic E-state index is -0.271. The number of carbonyl (C=O) groups excluding carboxylic acids is 1. The van der Waals surface area contributed by atoms with Gasteiger partial charge in [-0.1, -0.05) is 19.1 Å². The highest BCUT2D eigenvalue weighted by atomic mass is 16.3. The number of rotatable bonds is 4. The number of phenolic OH excluding ortho intramolecular Hbond substituents is 1. The molecular formula is C18H18N4O2. The summed E-state index contributed by atoms with van der Waals surface area (Å²) in [5.41, 5.74) is 6.18. The van der Waals surface area contributed by atoms with Crippen LogP contribution in [-0.2, 0) is 11.2 Å². The summed E-state index contributed by atoms with van der Waals surface area (Å²) in [6.07, 6.45) is 0.891. The van der Waals surface area contributed by atoms with E-state index in [9.17, 15) is 9.90 Å². The largest absolute Gasteiger partial charge is 0.508 e. The van der Waals surface area contributed by atoms with E-state index in [-0.39, 0.29) is 17.4 Å². The van der Waals surface area contributed by atoms with E-state index in [2.05, 4.69) is 22.6 Å². The van der Waals surface area contributed by atoms with Crippen molar-refractivity contribution in [1.29, 1.82) is 0 Å². The van der Waals surface area contributed by atoms with Gasteiger partial charge < -0.3 is 5.11 Å². The predicted molar refractivity (Wildman–Crippen MR) is 95.6 cm³/mol. The lowest BCUT2D eigenvalue weighted by atomic mass is 10.1. The number of anilines is 2. The van der Waals surface area contributed by atoms with E-state index < -0.39 is 0 Å². The summed E-state index contributed by atoms with van der Waals surface area (Å²) in [5, 5.41) is 19.1. The number of benzene rings is 2. The van der Waals surface area contributed by atoms with Crippen molar-refractivity contribution in [3.63, 3.8) is 0 Å². The van der Waals surface area contributed by atoms with E-state index in [4.69, 9.17) is 0 Å². The lowest BCUT2D eigenvalue weighted by Crippen LogP contribution is -2.28. The van der Waals surface area contributed by atoms with E-state index in [1.165, 1.54) is 5.01 Å². The van der Waals surface area contributed by atoms with Crippen LogP contribution in [-0.4, -0.2) is 22.4 Å². The Morgan fingerprint density at radius 3 is 2.67 bits per heavy atom. The highest BCUT2D eigenvalue weighted by molar-refractivity contribution is 6.71. The zero-order chi connectivity index (χ0) is 17.1. The van der Waals surface area contributed by atoms with Gasteiger partial charge in [-0.05, 0) is 55.3 Å². The molecule has 6 heteroatoms. The number of hydrogen-bond donors (Lipinski definition) is 2. The number of hydrogen-bond acceptors (Lipinski definition) is 5. The average Bonchev–Trinajstić information content (AvgIpc) is 2.89. The van der Waals surface area contributed by atoms with Gasteiger partial charge in [-0.3, -0.25) is 10.2 Å². The molecule has 0 atom stereocenters. The van der Waals surface area contributed by atoms with Gasteiger partial charge in [-0.25, -0.2) is 0 Å². The molecule has 2 N–H and O–H groups in total. The summed E-state index contributed by atoms with van der Waals surface area (Å²) in [4.78, 5) is 12.6. The van der Waals surface area contributed by atoms with Gasteiger partial charge in [0.25, 0.3) is 0 Å². The third-order valence-corrected chi connectivity index (χ3v) is 3.72. The predicted octanol–water partition coefficient (Wildman–Crippen LogP) is 3.15. The fraction of sp³-hybridized carbons (Fsp3) is 0.167. The van der Waals surface area contributed by atoms with Crippen LogP contribution in [0.2, 0.25) is 0 Å². The maximum Gasteiger partial charge on any atom is 0.301 e. The number of hydrazone groups is 2. The molecule has 24 heavy (non-hydrogen) atoms. The number of amides is 1. The van der Waals surface area contributed by atoms with E-state index in [1.54, 1.807) is 31.2 Å². The van der Waals surface area contributed by atoms with Crippen molar-refractivity contribution in [2.75, 3.05) is 10.4 Å². The zero-order valence-electron chi connectivity index (χ0n) is 13.5. The van der Waals surface area contributed by atoms with Gasteiger partial charge in [0.05, 0.1) is 17.1 Å². The fourth-order valence-corrected chi connectivity index (χ4v) is 2.37. The molecule has 0 aliphatic carbocycles. The van der Waals surface area contributed by atoms with Gasteiger partial charge >= 0.3 is 5.91 Å². The van der Waals surface area contributed by atoms with E-state index in [1.807, 2.05) is 24.3 Å². The molecule has 0 bridgehead atoms. The Morgan fingerprint density at radius 1 is 1.21 bits per heavy atom. The van der Waals surface area contributed by atoms with Crippen LogP contribution in [0.5, 0.6) is 5.75 Å². The molecule has 0 aromatic heterocycles. The SMILES string of the molecule is CCc1cccc(N2N=C(C)/C(=N/Nc3ccc(O)cc3)C2=O)c1. The van der Waals surface area contributed by atoms with Crippen molar-refractivity contribution < 1.29 is 9.90 Å². The molecule has 0 radical (unpaired) electrons. The summed E-state index contributed by atoms with van der Waals surface area (Å²) < 4.78 is 0. The molecule has 0 spiro atoms. The number of aromatic hydroxyl groups is 1. The second-order valence-corrected chi connectivity index (χ2v) is 5.44. The van der Waals surface area contributed by atoms with Gasteiger partial charge in [0, 0.05) is 0 Å². The molecule has 0 saturated heterocycles. The zero-order valence-corrected chi connectivity index (χ0v) is 13.5. The van der Waals surface area contributed by atoms with Crippen molar-refractivity contribution in [3.8, 4) is 5.75 Å². The van der Waals surface area contributed by atoms with Gasteiger partial charge in [0.1, 0.15) is 5.75 Å². The monoisotopic (exact) mass is 322 g/mol. The molecular weight excluding hydrogens is 304 g/mol. The van der Waals surface area contributed by atoms with Crippen LogP contribution >= 0.6 is 0 Å². The van der Waals surface area contributed by atoms with Gasteiger partial charge in [-0.15, -0.1) is 0 Å². The quantitative estimate of drug-likeness (QED) is 0.670. The molecule has 6 nitrogen and oxygen atoms in total. The van der Waals surface area contributed by atoms with Crippen LogP contribution in [0.3, 0.4) is 0 Å². The summed E-state index contributed by atoms with van der Waals surface area (Å²) in [7, 11) is 0. The van der Waals surface area contributed by atoms with Gasteiger partial charge in [0.2, 0.25) is 0 Å². The van der Waals surface area contributed by atoms with Crippen LogP contribution in [0.15, 0.2) is 58.7 Å². The number of nitrogens with one attached hydrogen (secondary N) is 1. The topological polar surface area (TPSA) is 77.3 Å². The second kappa shape index (κ2) is 6.54. The molecule has 1 aliphatic heterocycles. The van der Waals surface area contributed by atoms with Crippen molar-refractivity contribution in [1.82, 2.24) is 0 Å². The number of carbonyl (C=O) groups is 1. The minimum Gasteiger partial charge on any atom is -0.508 e. The van der Waals surface area contributed by atoms with Crippen molar-refractivity contribution >= 4 is 28.7 Å². The van der Waals surface area contributed by atoms with Crippen LogP contribution < -0.4 is 10.4 Å². The molecule has 0 fully saturated rings. The molecule has 122 valence electrons. The average molecular weight is 322 g/mol. The Bertz CT molecular complexity index is 825. The first-order chi connectivity index (χ1) is 11.6. The minimum absolute atomic E-state index is 0.171. The standard InChI is InChI=1S/C18H18N4O2/c1-3-13-5-4-6-15(11-13)22-18(24)17(12(2)21-22)20-19-14-7-9-16(23)10-8-14/h4-11,19,23H,3H2,1-2H3/b20-17-. The Morgan fingerprint density at radius 2 is 1.96 bits per heavy atom. The summed E-state index contributed by atoms with van der Waals surface area (Å²) in [6.45, 7) is 3.81. The molecule has 2 aromatic rings. The third kappa shape index (κ3) is 3.12. The maximum atomic E-state index is 12.6. The highest BCUT2D eigenvalue weighted by Gasteiger charge is 2.30. The Kier molecular flexibility index (Phi) is 4.29. The lowest BCUT2D eigenvalue weighted by Gasteiger charge is -2.12. The molecule has 0 unspecified atom stereocenters. The smallest absolute Gasteiger partial charge is 0.301 e. The summed E-state index contributed by atoms with van der Waals surface area (Å²) in [5.74, 6) is -0.100. The second-order valence-electron chi connectivity index (χ2n) is 5.44. The maximum absolute atomic E-state index is 12.6. The molecule has 1 heterocycles. The van der Waals surface area contributed by atoms with Crippen LogP contribution in [0.25, 0.3) is 0 Å². The van der Waals surface area contributed by atoms with Crippen LogP contribution in [0.4, 0.5) is 11.4 Å². The first kappa shape index (κ1) is 15.7. The fourth-order valence-electron chi connectivity index (χ4n) is 2.37. The molecule has 2 aromatic carbocycles. The third-order valence-electron chi connectivity index (χ3n) is 3.72. The van der Waals surface area contributed by atoms with Crippen LogP contribution in [0, 0.1) is 0 Å². The van der Waals surface area contributed by atoms with E-state index >= 15 is 0 Å². The van der Waals surface area contributed by atoms with Crippen LogP contribution in [0.1, 0.15) is 19.4 Å². The first-order valence-electron chi connectivity index (χ1n) is 7.70. The number of phenols is 1. The van der Waals surface area contributed by atoms with Gasteiger partial charge in [0.15, 0.2) is 5.71 Å². The van der Waals surface area contributed by atoms with E-state index in [0.717, 1.165) is 17.7 Å². The molecule has 0 saturated carbocycles. The Hall–Kier alpha value is -3.15. The molecule has 1 aliphatic rings. The van der Waals surface area contributed by atoms with Crippen molar-refractivity contribution in [2.24, 2.45) is 10.2 Å². The van der Waals surface area contributed by atoms with Gasteiger partial charge in [-0.2, -0.15) is 15.2 Å². The molecule has 1 amide bonds. The Labute approximate surface area is 140 Å². The van der Waals surface area contributed by atoms with Crippen molar-refractivity contribution in [2.45, 2.75) is 20.3 Å². The summed E-state index contributed by atoms with van der Waals surface area (Å²) in [6, 6.07) is 14.2. The molecule has 3 rings (SSSR count). The van der Waals surface area contributed by atoms with Crippen molar-refractivity contribution in [3.05, 3.63) is 54.1 Å². The Balaban J connectivity index is 1.81. The van der Waals surface area contributed by atoms with E-state index in [0.29, 0.717) is 11.4 Å². The number of nitrogens with zero attached hydrogens (tertiary/aromatic N) is 3. The summed E-state index contributed by atoms with van der Waals surface area (Å²) >= 11 is 0. The number of aryl methyl sites for hydroxylation is 1. The lowest BCUT2D eigenvalue weighted by molar-refractivity contribution is -0.112. The highest BCUT2D eigenvalue weighted by Crippen LogP contribution is 2.21. The first-order valence-corrected chi connectivity index (χ1v) is 7.70.